The number of rotatable bonds is 8. The van der Waals surface area contributed by atoms with Gasteiger partial charge in [-0.05, 0) is 53.6 Å². The lowest BCUT2D eigenvalue weighted by Gasteiger charge is -2.16. The van der Waals surface area contributed by atoms with Crippen LogP contribution in [-0.4, -0.2) is 56.5 Å². The summed E-state index contributed by atoms with van der Waals surface area (Å²) < 4.78 is 9.93. The highest BCUT2D eigenvalue weighted by molar-refractivity contribution is 6.12. The minimum Gasteiger partial charge on any atom is -0.435 e. The predicted octanol–water partition coefficient (Wildman–Crippen LogP) is 3.35. The summed E-state index contributed by atoms with van der Waals surface area (Å²) in [6, 6.07) is 17.9. The molecule has 2 amide bonds. The molecule has 0 aliphatic heterocycles. The van der Waals surface area contributed by atoms with Crippen molar-refractivity contribution in [1.29, 1.82) is 5.41 Å². The second-order valence-electron chi connectivity index (χ2n) is 7.79. The summed E-state index contributed by atoms with van der Waals surface area (Å²) in [5, 5.41) is 10.3. The van der Waals surface area contributed by atoms with Crippen LogP contribution in [0, 0.1) is 5.41 Å². The van der Waals surface area contributed by atoms with Crippen LogP contribution in [-0.2, 0) is 9.47 Å². The molecule has 0 radical (unpaired) electrons. The molecule has 0 fully saturated rings. The van der Waals surface area contributed by atoms with E-state index in [0.717, 1.165) is 0 Å². The van der Waals surface area contributed by atoms with Crippen molar-refractivity contribution in [2.24, 2.45) is 5.73 Å². The van der Waals surface area contributed by atoms with Gasteiger partial charge in [0.25, 0.3) is 11.8 Å². The van der Waals surface area contributed by atoms with Crippen LogP contribution in [0.2, 0.25) is 0 Å². The monoisotopic (exact) mass is 474 g/mol. The Morgan fingerprint density at radius 3 is 2.17 bits per heavy atom. The lowest BCUT2D eigenvalue weighted by Crippen LogP contribution is -2.23. The van der Waals surface area contributed by atoms with Crippen molar-refractivity contribution in [2.75, 3.05) is 33.3 Å². The van der Waals surface area contributed by atoms with E-state index in [1.807, 2.05) is 0 Å². The van der Waals surface area contributed by atoms with Gasteiger partial charge in [-0.25, -0.2) is 4.79 Å². The molecule has 3 aromatic carbocycles. The first-order chi connectivity index (χ1) is 16.7. The molecule has 0 heterocycles. The number of methoxy groups -OCH3 is 1. The third-order valence-corrected chi connectivity index (χ3v) is 5.12. The highest BCUT2D eigenvalue weighted by Gasteiger charge is 2.21. The Labute approximate surface area is 203 Å². The number of hydrogen-bond donors (Lipinski definition) is 3. The summed E-state index contributed by atoms with van der Waals surface area (Å²) in [5.74, 6) is -1.45. The van der Waals surface area contributed by atoms with Crippen molar-refractivity contribution in [3.8, 4) is 11.1 Å². The van der Waals surface area contributed by atoms with Crippen LogP contribution in [0.25, 0.3) is 11.1 Å². The molecule has 0 saturated carbocycles. The minimum absolute atomic E-state index is 0.0861. The van der Waals surface area contributed by atoms with E-state index in [0.29, 0.717) is 27.9 Å². The number of carbonyl (C=O) groups is 3. The normalized spacial score (nSPS) is 10.4. The van der Waals surface area contributed by atoms with Gasteiger partial charge in [0, 0.05) is 43.6 Å². The minimum atomic E-state index is -0.609. The maximum atomic E-state index is 13.4. The van der Waals surface area contributed by atoms with E-state index in [-0.39, 0.29) is 29.7 Å². The molecule has 0 unspecified atom stereocenters. The molecule has 9 heteroatoms. The number of nitrogens with two attached hydrogens (primary N) is 1. The van der Waals surface area contributed by atoms with Crippen molar-refractivity contribution < 1.29 is 23.9 Å². The van der Waals surface area contributed by atoms with Gasteiger partial charge in [0.1, 0.15) is 5.84 Å². The molecular weight excluding hydrogens is 448 g/mol. The van der Waals surface area contributed by atoms with Gasteiger partial charge >= 0.3 is 5.97 Å². The Morgan fingerprint density at radius 1 is 0.914 bits per heavy atom. The lowest BCUT2D eigenvalue weighted by atomic mass is 9.93. The molecule has 0 spiro atoms. The molecule has 0 aliphatic carbocycles. The molecular formula is C26H26N4O5. The van der Waals surface area contributed by atoms with Crippen LogP contribution >= 0.6 is 0 Å². The molecule has 180 valence electrons. The SMILES string of the molecule is COCOC(=O)c1ccccc1-c1ccc(C(=O)N(C)C)cc1C(=O)Nc1ccc(C(=N)N)cc1. The van der Waals surface area contributed by atoms with Crippen LogP contribution in [0.1, 0.15) is 36.6 Å². The van der Waals surface area contributed by atoms with E-state index >= 15 is 0 Å². The lowest BCUT2D eigenvalue weighted by molar-refractivity contribution is -0.0124. The number of nitrogen functional groups attached to an aromatic ring is 1. The number of nitrogens with zero attached hydrogens (tertiary/aromatic N) is 1. The fourth-order valence-electron chi connectivity index (χ4n) is 3.38. The third kappa shape index (κ3) is 5.90. The number of nitrogens with one attached hydrogen (secondary N) is 2. The third-order valence-electron chi connectivity index (χ3n) is 5.12. The molecule has 3 rings (SSSR count). The first-order valence-electron chi connectivity index (χ1n) is 10.6. The van der Waals surface area contributed by atoms with E-state index in [1.54, 1.807) is 74.8 Å². The average Bonchev–Trinajstić information content (AvgIpc) is 2.86. The van der Waals surface area contributed by atoms with Gasteiger partial charge in [0.05, 0.1) is 5.56 Å². The van der Waals surface area contributed by atoms with Crippen LogP contribution in [0.15, 0.2) is 66.7 Å². The fraction of sp³-hybridized carbons (Fsp3) is 0.154. The van der Waals surface area contributed by atoms with Gasteiger partial charge in [-0.3, -0.25) is 15.0 Å². The quantitative estimate of drug-likeness (QED) is 0.198. The standard InChI is InChI=1S/C26H26N4O5/c1-30(2)25(32)17-10-13-20(19-6-4-5-7-21(19)26(33)35-15-34-3)22(14-17)24(31)29-18-11-8-16(9-12-18)23(27)28/h4-14H,15H2,1-3H3,(H3,27,28)(H,29,31). The summed E-state index contributed by atoms with van der Waals surface area (Å²) in [7, 11) is 4.65. The van der Waals surface area contributed by atoms with Crippen LogP contribution in [0.5, 0.6) is 0 Å². The molecule has 0 aromatic heterocycles. The van der Waals surface area contributed by atoms with Crippen molar-refractivity contribution >= 4 is 29.3 Å². The van der Waals surface area contributed by atoms with Gasteiger partial charge in [-0.15, -0.1) is 0 Å². The molecule has 0 atom stereocenters. The molecule has 4 N–H and O–H groups in total. The maximum absolute atomic E-state index is 13.4. The topological polar surface area (TPSA) is 135 Å². The van der Waals surface area contributed by atoms with Crippen LogP contribution < -0.4 is 11.1 Å². The summed E-state index contributed by atoms with van der Waals surface area (Å²) in [4.78, 5) is 40.0. The van der Waals surface area contributed by atoms with Gasteiger partial charge < -0.3 is 25.4 Å². The van der Waals surface area contributed by atoms with Crippen molar-refractivity contribution in [3.05, 3.63) is 89.0 Å². The van der Waals surface area contributed by atoms with Gasteiger partial charge in [-0.1, -0.05) is 24.3 Å². The Hall–Kier alpha value is -4.50. The van der Waals surface area contributed by atoms with Gasteiger partial charge in [-0.2, -0.15) is 0 Å². The molecule has 3 aromatic rings. The van der Waals surface area contributed by atoms with Crippen molar-refractivity contribution in [3.63, 3.8) is 0 Å². The second-order valence-corrected chi connectivity index (χ2v) is 7.79. The molecule has 0 saturated heterocycles. The Bertz CT molecular complexity index is 1270. The summed E-state index contributed by atoms with van der Waals surface area (Å²) in [6.45, 7) is -0.215. The van der Waals surface area contributed by atoms with E-state index < -0.39 is 11.9 Å². The van der Waals surface area contributed by atoms with Crippen LogP contribution in [0.4, 0.5) is 5.69 Å². The summed E-state index contributed by atoms with van der Waals surface area (Å²) in [5.41, 5.74) is 8.16. The predicted molar refractivity (Wildman–Crippen MR) is 133 cm³/mol. The van der Waals surface area contributed by atoms with E-state index in [9.17, 15) is 14.4 Å². The zero-order chi connectivity index (χ0) is 25.5. The zero-order valence-corrected chi connectivity index (χ0v) is 19.6. The summed E-state index contributed by atoms with van der Waals surface area (Å²) in [6.07, 6.45) is 0. The Balaban J connectivity index is 2.08. The van der Waals surface area contributed by atoms with Gasteiger partial charge in [0.15, 0.2) is 6.79 Å². The number of benzene rings is 3. The first-order valence-corrected chi connectivity index (χ1v) is 10.6. The maximum Gasteiger partial charge on any atom is 0.340 e. The second kappa shape index (κ2) is 11.1. The molecule has 0 aliphatic rings. The zero-order valence-electron chi connectivity index (χ0n) is 19.6. The smallest absolute Gasteiger partial charge is 0.340 e. The highest BCUT2D eigenvalue weighted by Crippen LogP contribution is 2.30. The van der Waals surface area contributed by atoms with E-state index in [2.05, 4.69) is 5.32 Å². The number of anilines is 1. The van der Waals surface area contributed by atoms with E-state index in [1.165, 1.54) is 18.1 Å². The van der Waals surface area contributed by atoms with Crippen molar-refractivity contribution in [2.45, 2.75) is 0 Å². The molecule has 0 bridgehead atoms. The largest absolute Gasteiger partial charge is 0.435 e. The number of amidine groups is 1. The first kappa shape index (κ1) is 25.1. The Kier molecular flexibility index (Phi) is 7.96. The number of hydrogen-bond acceptors (Lipinski definition) is 6. The number of ether oxygens (including phenoxy) is 2. The molecule has 35 heavy (non-hydrogen) atoms. The highest BCUT2D eigenvalue weighted by atomic mass is 16.7. The van der Waals surface area contributed by atoms with E-state index in [4.69, 9.17) is 20.6 Å². The number of esters is 1. The average molecular weight is 475 g/mol. The summed E-state index contributed by atoms with van der Waals surface area (Å²) >= 11 is 0. The Morgan fingerprint density at radius 2 is 1.54 bits per heavy atom. The number of amides is 2. The van der Waals surface area contributed by atoms with Crippen molar-refractivity contribution in [1.82, 2.24) is 4.90 Å². The van der Waals surface area contributed by atoms with Gasteiger partial charge in [0.2, 0.25) is 0 Å². The number of carbonyl (C=O) groups excluding carboxylic acids is 3. The van der Waals surface area contributed by atoms with Crippen LogP contribution in [0.3, 0.4) is 0 Å². The fourth-order valence-corrected chi connectivity index (χ4v) is 3.38. The molecule has 9 nitrogen and oxygen atoms in total.